The minimum absolute atomic E-state index is 0.677. The Hall–Kier alpha value is -0.960. The first-order valence-electron chi connectivity index (χ1n) is 4.86. The molecule has 0 amide bonds. The number of fused-ring (bicyclic) bond motifs is 1. The molecular weight excluding hydrogens is 162 g/mol. The molecule has 1 aliphatic carbocycles. The van der Waals surface area contributed by atoms with Gasteiger partial charge in [0, 0.05) is 30.8 Å². The Morgan fingerprint density at radius 2 is 2.23 bits per heavy atom. The zero-order chi connectivity index (χ0) is 8.84. The van der Waals surface area contributed by atoms with Crippen molar-refractivity contribution in [1.82, 2.24) is 14.9 Å². The molecule has 0 N–H and O–H groups in total. The van der Waals surface area contributed by atoms with E-state index in [1.807, 2.05) is 6.20 Å². The van der Waals surface area contributed by atoms with Gasteiger partial charge < -0.3 is 0 Å². The molecule has 0 atom stereocenters. The van der Waals surface area contributed by atoms with E-state index in [4.69, 9.17) is 0 Å². The third-order valence-electron chi connectivity index (χ3n) is 2.78. The zero-order valence-corrected chi connectivity index (χ0v) is 7.82. The van der Waals surface area contributed by atoms with Crippen LogP contribution in [0.25, 0.3) is 0 Å². The molecule has 0 unspecified atom stereocenters. The fourth-order valence-electron chi connectivity index (χ4n) is 1.87. The predicted molar refractivity (Wildman–Crippen MR) is 49.2 cm³/mol. The van der Waals surface area contributed by atoms with Gasteiger partial charge in [0.05, 0.1) is 5.69 Å². The lowest BCUT2D eigenvalue weighted by Crippen LogP contribution is -2.07. The lowest BCUT2D eigenvalue weighted by molar-refractivity contribution is 0.351. The summed E-state index contributed by atoms with van der Waals surface area (Å²) < 4.78 is 0. The average Bonchev–Trinajstić information content (AvgIpc) is 2.87. The molecular formula is C10H13N3. The van der Waals surface area contributed by atoms with Gasteiger partial charge in [-0.15, -0.1) is 0 Å². The molecule has 0 bridgehead atoms. The van der Waals surface area contributed by atoms with Gasteiger partial charge in [-0.25, -0.2) is 9.97 Å². The number of nitrogens with zero attached hydrogens (tertiary/aromatic N) is 3. The van der Waals surface area contributed by atoms with Crippen molar-refractivity contribution in [2.45, 2.75) is 31.8 Å². The van der Waals surface area contributed by atoms with Gasteiger partial charge in [0.2, 0.25) is 0 Å². The molecule has 13 heavy (non-hydrogen) atoms. The lowest BCUT2D eigenvalue weighted by Gasteiger charge is -2.02. The third kappa shape index (κ3) is 1.23. The van der Waals surface area contributed by atoms with E-state index in [0.717, 1.165) is 18.9 Å². The summed E-state index contributed by atoms with van der Waals surface area (Å²) in [6.07, 6.45) is 4.59. The quantitative estimate of drug-likeness (QED) is 0.644. The van der Waals surface area contributed by atoms with Crippen molar-refractivity contribution in [2.24, 2.45) is 0 Å². The Kier molecular flexibility index (Phi) is 1.44. The molecule has 2 heterocycles. The maximum atomic E-state index is 4.61. The normalized spacial score (nSPS) is 21.9. The van der Waals surface area contributed by atoms with Crippen LogP contribution in [0.5, 0.6) is 0 Å². The van der Waals surface area contributed by atoms with Crippen LogP contribution in [0.2, 0.25) is 0 Å². The number of aromatic nitrogens is 2. The maximum Gasteiger partial charge on any atom is 0.131 e. The molecule has 3 heteroatoms. The topological polar surface area (TPSA) is 29.0 Å². The van der Waals surface area contributed by atoms with E-state index >= 15 is 0 Å². The highest BCUT2D eigenvalue weighted by atomic mass is 15.1. The van der Waals surface area contributed by atoms with Gasteiger partial charge in [-0.3, -0.25) is 4.90 Å². The first-order chi connectivity index (χ1) is 6.33. The predicted octanol–water partition coefficient (Wildman–Crippen LogP) is 1.30. The van der Waals surface area contributed by atoms with Crippen LogP contribution in [0, 0.1) is 0 Å². The molecule has 0 aromatic carbocycles. The fraction of sp³-hybridized carbons (Fsp3) is 0.600. The summed E-state index contributed by atoms with van der Waals surface area (Å²) in [7, 11) is 2.12. The molecule has 1 aromatic rings. The Bertz CT molecular complexity index is 344. The number of hydrogen-bond donors (Lipinski definition) is 0. The van der Waals surface area contributed by atoms with E-state index in [1.165, 1.54) is 24.1 Å². The van der Waals surface area contributed by atoms with E-state index in [9.17, 15) is 0 Å². The monoisotopic (exact) mass is 175 g/mol. The van der Waals surface area contributed by atoms with Crippen LogP contribution < -0.4 is 0 Å². The van der Waals surface area contributed by atoms with Gasteiger partial charge in [-0.05, 0) is 19.9 Å². The van der Waals surface area contributed by atoms with Crippen LogP contribution in [0.4, 0.5) is 0 Å². The molecule has 3 rings (SSSR count). The highest BCUT2D eigenvalue weighted by molar-refractivity contribution is 5.23. The summed E-state index contributed by atoms with van der Waals surface area (Å²) in [4.78, 5) is 11.3. The summed E-state index contributed by atoms with van der Waals surface area (Å²) >= 11 is 0. The average molecular weight is 175 g/mol. The van der Waals surface area contributed by atoms with Gasteiger partial charge in [0.15, 0.2) is 0 Å². The molecule has 0 radical (unpaired) electrons. The fourth-order valence-corrected chi connectivity index (χ4v) is 1.87. The minimum atomic E-state index is 0.677. The molecule has 0 saturated heterocycles. The molecule has 2 aliphatic rings. The van der Waals surface area contributed by atoms with Crippen molar-refractivity contribution in [3.63, 3.8) is 0 Å². The van der Waals surface area contributed by atoms with E-state index in [-0.39, 0.29) is 0 Å². The molecule has 1 fully saturated rings. The van der Waals surface area contributed by atoms with Crippen molar-refractivity contribution < 1.29 is 0 Å². The largest absolute Gasteiger partial charge is 0.296 e. The van der Waals surface area contributed by atoms with Crippen LogP contribution in [0.15, 0.2) is 6.20 Å². The second-order valence-corrected chi connectivity index (χ2v) is 4.15. The van der Waals surface area contributed by atoms with Gasteiger partial charge in [0.25, 0.3) is 0 Å². The molecule has 68 valence electrons. The second kappa shape index (κ2) is 2.51. The first kappa shape index (κ1) is 7.44. The van der Waals surface area contributed by atoms with Gasteiger partial charge in [-0.2, -0.15) is 0 Å². The van der Waals surface area contributed by atoms with Crippen LogP contribution in [-0.2, 0) is 13.1 Å². The van der Waals surface area contributed by atoms with Crippen molar-refractivity contribution in [3.8, 4) is 0 Å². The SMILES string of the molecule is CN1Cc2cnc(C3CC3)nc2C1. The summed E-state index contributed by atoms with van der Waals surface area (Å²) in [5.41, 5.74) is 2.56. The number of hydrogen-bond acceptors (Lipinski definition) is 3. The highest BCUT2D eigenvalue weighted by Crippen LogP contribution is 2.38. The molecule has 1 aromatic heterocycles. The van der Waals surface area contributed by atoms with Crippen LogP contribution in [-0.4, -0.2) is 21.9 Å². The Morgan fingerprint density at radius 1 is 1.38 bits per heavy atom. The minimum Gasteiger partial charge on any atom is -0.296 e. The summed E-state index contributed by atoms with van der Waals surface area (Å²) in [5.74, 6) is 1.75. The van der Waals surface area contributed by atoms with Crippen LogP contribution in [0.3, 0.4) is 0 Å². The molecule has 3 nitrogen and oxygen atoms in total. The van der Waals surface area contributed by atoms with Crippen molar-refractivity contribution in [3.05, 3.63) is 23.3 Å². The lowest BCUT2D eigenvalue weighted by atomic mass is 10.2. The third-order valence-corrected chi connectivity index (χ3v) is 2.78. The zero-order valence-electron chi connectivity index (χ0n) is 7.82. The second-order valence-electron chi connectivity index (χ2n) is 4.15. The Balaban J connectivity index is 1.98. The van der Waals surface area contributed by atoms with Crippen LogP contribution >= 0.6 is 0 Å². The first-order valence-corrected chi connectivity index (χ1v) is 4.86. The summed E-state index contributed by atoms with van der Waals surface area (Å²) in [6, 6.07) is 0. The van der Waals surface area contributed by atoms with Gasteiger partial charge >= 0.3 is 0 Å². The molecule has 0 spiro atoms. The summed E-state index contributed by atoms with van der Waals surface area (Å²) in [5, 5.41) is 0. The highest BCUT2D eigenvalue weighted by Gasteiger charge is 2.28. The standard InChI is InChI=1S/C10H13N3/c1-13-5-8-4-11-10(7-2-3-7)12-9(8)6-13/h4,7H,2-3,5-6H2,1H3. The van der Waals surface area contributed by atoms with E-state index in [2.05, 4.69) is 21.9 Å². The summed E-state index contributed by atoms with van der Waals surface area (Å²) in [6.45, 7) is 2.01. The Labute approximate surface area is 77.8 Å². The van der Waals surface area contributed by atoms with Crippen LogP contribution in [0.1, 0.15) is 35.8 Å². The smallest absolute Gasteiger partial charge is 0.131 e. The van der Waals surface area contributed by atoms with Crippen molar-refractivity contribution in [2.75, 3.05) is 7.05 Å². The number of rotatable bonds is 1. The van der Waals surface area contributed by atoms with Gasteiger partial charge in [0.1, 0.15) is 5.82 Å². The van der Waals surface area contributed by atoms with Crippen molar-refractivity contribution >= 4 is 0 Å². The van der Waals surface area contributed by atoms with Gasteiger partial charge in [-0.1, -0.05) is 0 Å². The Morgan fingerprint density at radius 3 is 3.00 bits per heavy atom. The van der Waals surface area contributed by atoms with E-state index < -0.39 is 0 Å². The molecule has 1 saturated carbocycles. The molecule has 1 aliphatic heterocycles. The van der Waals surface area contributed by atoms with Crippen molar-refractivity contribution in [1.29, 1.82) is 0 Å². The maximum absolute atomic E-state index is 4.61. The van der Waals surface area contributed by atoms with E-state index in [1.54, 1.807) is 0 Å². The van der Waals surface area contributed by atoms with E-state index in [0.29, 0.717) is 5.92 Å².